The summed E-state index contributed by atoms with van der Waals surface area (Å²) in [6.45, 7) is 1.64. The number of benzene rings is 2. The van der Waals surface area contributed by atoms with Gasteiger partial charge in [-0.2, -0.15) is 0 Å². The quantitative estimate of drug-likeness (QED) is 0.812. The first-order chi connectivity index (χ1) is 11.4. The predicted octanol–water partition coefficient (Wildman–Crippen LogP) is 3.40. The van der Waals surface area contributed by atoms with Gasteiger partial charge in [-0.05, 0) is 37.3 Å². The summed E-state index contributed by atoms with van der Waals surface area (Å²) in [5, 5.41) is 0. The topological polar surface area (TPSA) is 38.8 Å². The fraction of sp³-hybridized carbons (Fsp3) is 0.278. The fourth-order valence-corrected chi connectivity index (χ4v) is 2.20. The van der Waals surface area contributed by atoms with Crippen molar-refractivity contribution in [3.63, 3.8) is 0 Å². The molecule has 24 heavy (non-hydrogen) atoms. The van der Waals surface area contributed by atoms with Crippen LogP contribution in [-0.4, -0.2) is 31.1 Å². The molecule has 1 unspecified atom stereocenters. The largest absolute Gasteiger partial charge is 0.497 e. The Bertz CT molecular complexity index is 704. The Morgan fingerprint density at radius 2 is 1.75 bits per heavy atom. The molecule has 0 heterocycles. The summed E-state index contributed by atoms with van der Waals surface area (Å²) < 4.78 is 37.2. The monoisotopic (exact) mass is 335 g/mol. The maximum atomic E-state index is 13.7. The van der Waals surface area contributed by atoms with Crippen LogP contribution in [0.25, 0.3) is 0 Å². The normalized spacial score (nSPS) is 11.7. The average molecular weight is 335 g/mol. The van der Waals surface area contributed by atoms with Gasteiger partial charge in [0.25, 0.3) is 5.91 Å². The molecule has 2 aromatic carbocycles. The van der Waals surface area contributed by atoms with Crippen LogP contribution in [0.2, 0.25) is 0 Å². The lowest BCUT2D eigenvalue weighted by Crippen LogP contribution is -2.37. The van der Waals surface area contributed by atoms with Gasteiger partial charge in [0.05, 0.1) is 7.11 Å². The van der Waals surface area contributed by atoms with Crippen LogP contribution >= 0.6 is 0 Å². The number of hydrogen-bond acceptors (Lipinski definition) is 3. The molecular weight excluding hydrogens is 316 g/mol. The van der Waals surface area contributed by atoms with Crippen molar-refractivity contribution in [2.24, 2.45) is 0 Å². The zero-order chi connectivity index (χ0) is 17.7. The van der Waals surface area contributed by atoms with Crippen molar-refractivity contribution >= 4 is 5.91 Å². The lowest BCUT2D eigenvalue weighted by Gasteiger charge is -2.22. The maximum Gasteiger partial charge on any atom is 0.263 e. The van der Waals surface area contributed by atoms with Gasteiger partial charge in [-0.3, -0.25) is 4.79 Å². The number of rotatable bonds is 6. The SMILES string of the molecule is COc1ccc(OC(C)C(=O)N(C)Cc2ccc(F)cc2F)cc1. The highest BCUT2D eigenvalue weighted by Gasteiger charge is 2.20. The van der Waals surface area contributed by atoms with Gasteiger partial charge < -0.3 is 14.4 Å². The zero-order valence-electron chi connectivity index (χ0n) is 13.8. The van der Waals surface area contributed by atoms with E-state index >= 15 is 0 Å². The molecule has 0 radical (unpaired) electrons. The summed E-state index contributed by atoms with van der Waals surface area (Å²) in [6.07, 6.45) is -0.744. The summed E-state index contributed by atoms with van der Waals surface area (Å²) in [6, 6.07) is 10.1. The van der Waals surface area contributed by atoms with E-state index in [2.05, 4.69) is 0 Å². The third kappa shape index (κ3) is 4.44. The molecule has 128 valence electrons. The number of ether oxygens (including phenoxy) is 2. The summed E-state index contributed by atoms with van der Waals surface area (Å²) in [7, 11) is 3.10. The molecular formula is C18H19F2NO3. The van der Waals surface area contributed by atoms with Gasteiger partial charge in [-0.15, -0.1) is 0 Å². The average Bonchev–Trinajstić information content (AvgIpc) is 2.57. The number of amides is 1. The lowest BCUT2D eigenvalue weighted by molar-refractivity contribution is -0.137. The van der Waals surface area contributed by atoms with Gasteiger partial charge in [-0.1, -0.05) is 6.07 Å². The van der Waals surface area contributed by atoms with Crippen molar-refractivity contribution < 1.29 is 23.0 Å². The number of methoxy groups -OCH3 is 1. The van der Waals surface area contributed by atoms with Gasteiger partial charge in [0.2, 0.25) is 0 Å². The second-order valence-electron chi connectivity index (χ2n) is 5.37. The molecule has 0 bridgehead atoms. The van der Waals surface area contributed by atoms with Gasteiger partial charge in [-0.25, -0.2) is 8.78 Å². The third-order valence-corrected chi connectivity index (χ3v) is 3.52. The van der Waals surface area contributed by atoms with E-state index in [9.17, 15) is 13.6 Å². The van der Waals surface area contributed by atoms with Crippen molar-refractivity contribution in [1.29, 1.82) is 0 Å². The Morgan fingerprint density at radius 1 is 1.12 bits per heavy atom. The minimum atomic E-state index is -0.744. The molecule has 0 aliphatic rings. The molecule has 6 heteroatoms. The van der Waals surface area contributed by atoms with E-state index in [-0.39, 0.29) is 18.0 Å². The number of carbonyl (C=O) groups is 1. The van der Waals surface area contributed by atoms with Crippen LogP contribution in [0, 0.1) is 11.6 Å². The molecule has 2 aromatic rings. The van der Waals surface area contributed by atoms with Gasteiger partial charge in [0, 0.05) is 25.2 Å². The Balaban J connectivity index is 1.98. The highest BCUT2D eigenvalue weighted by molar-refractivity contribution is 5.80. The molecule has 0 saturated carbocycles. The molecule has 0 aliphatic carbocycles. The van der Waals surface area contributed by atoms with Gasteiger partial charge in [0.15, 0.2) is 6.10 Å². The second kappa shape index (κ2) is 7.77. The number of halogens is 2. The number of carbonyl (C=O) groups excluding carboxylic acids is 1. The number of nitrogens with zero attached hydrogens (tertiary/aromatic N) is 1. The lowest BCUT2D eigenvalue weighted by atomic mass is 10.2. The molecule has 4 nitrogen and oxygen atoms in total. The molecule has 0 aromatic heterocycles. The van der Waals surface area contributed by atoms with Crippen molar-refractivity contribution in [3.05, 3.63) is 59.7 Å². The maximum absolute atomic E-state index is 13.7. The highest BCUT2D eigenvalue weighted by Crippen LogP contribution is 2.19. The van der Waals surface area contributed by atoms with Crippen LogP contribution in [0.1, 0.15) is 12.5 Å². The van der Waals surface area contributed by atoms with Crippen molar-refractivity contribution in [1.82, 2.24) is 4.90 Å². The van der Waals surface area contributed by atoms with Gasteiger partial charge >= 0.3 is 0 Å². The molecule has 1 amide bonds. The van der Waals surface area contributed by atoms with Crippen LogP contribution in [0.15, 0.2) is 42.5 Å². The second-order valence-corrected chi connectivity index (χ2v) is 5.37. The van der Waals surface area contributed by atoms with E-state index in [1.54, 1.807) is 45.3 Å². The Morgan fingerprint density at radius 3 is 2.33 bits per heavy atom. The number of likely N-dealkylation sites (N-methyl/N-ethyl adjacent to an activating group) is 1. The summed E-state index contributed by atoms with van der Waals surface area (Å²) >= 11 is 0. The van der Waals surface area contributed by atoms with E-state index in [1.807, 2.05) is 0 Å². The first kappa shape index (κ1) is 17.7. The molecule has 0 saturated heterocycles. The Kier molecular flexibility index (Phi) is 5.73. The van der Waals surface area contributed by atoms with E-state index in [1.165, 1.54) is 11.0 Å². The van der Waals surface area contributed by atoms with E-state index < -0.39 is 17.7 Å². The van der Waals surface area contributed by atoms with Crippen molar-refractivity contribution in [2.75, 3.05) is 14.2 Å². The highest BCUT2D eigenvalue weighted by atomic mass is 19.1. The summed E-state index contributed by atoms with van der Waals surface area (Å²) in [5.74, 6) is -0.433. The summed E-state index contributed by atoms with van der Waals surface area (Å²) in [5.41, 5.74) is 0.240. The van der Waals surface area contributed by atoms with Crippen LogP contribution in [0.3, 0.4) is 0 Å². The predicted molar refractivity (Wildman–Crippen MR) is 85.9 cm³/mol. The molecule has 0 spiro atoms. The van der Waals surface area contributed by atoms with E-state index in [4.69, 9.17) is 9.47 Å². The van der Waals surface area contributed by atoms with E-state index in [0.717, 1.165) is 12.1 Å². The van der Waals surface area contributed by atoms with Gasteiger partial charge in [0.1, 0.15) is 23.1 Å². The fourth-order valence-electron chi connectivity index (χ4n) is 2.20. The molecule has 0 aliphatic heterocycles. The standard InChI is InChI=1S/C18H19F2NO3/c1-12(24-16-8-6-15(23-3)7-9-16)18(22)21(2)11-13-4-5-14(19)10-17(13)20/h4-10,12H,11H2,1-3H3. The molecule has 0 fully saturated rings. The van der Waals surface area contributed by atoms with Crippen molar-refractivity contribution in [3.8, 4) is 11.5 Å². The Labute approximate surface area is 139 Å². The zero-order valence-corrected chi connectivity index (χ0v) is 13.8. The number of hydrogen-bond donors (Lipinski definition) is 0. The minimum absolute atomic E-state index is 0.0290. The van der Waals surface area contributed by atoms with E-state index in [0.29, 0.717) is 11.5 Å². The summed E-state index contributed by atoms with van der Waals surface area (Å²) in [4.78, 5) is 13.7. The van der Waals surface area contributed by atoms with Crippen LogP contribution in [-0.2, 0) is 11.3 Å². The molecule has 2 rings (SSSR count). The van der Waals surface area contributed by atoms with Crippen LogP contribution < -0.4 is 9.47 Å². The molecule has 0 N–H and O–H groups in total. The molecule has 1 atom stereocenters. The first-order valence-corrected chi connectivity index (χ1v) is 7.40. The van der Waals surface area contributed by atoms with Crippen LogP contribution in [0.4, 0.5) is 8.78 Å². The third-order valence-electron chi connectivity index (χ3n) is 3.52. The Hall–Kier alpha value is -2.63. The first-order valence-electron chi connectivity index (χ1n) is 7.40. The van der Waals surface area contributed by atoms with Crippen molar-refractivity contribution in [2.45, 2.75) is 19.6 Å². The minimum Gasteiger partial charge on any atom is -0.497 e. The smallest absolute Gasteiger partial charge is 0.263 e. The van der Waals surface area contributed by atoms with Crippen LogP contribution in [0.5, 0.6) is 11.5 Å².